The molecule has 2 aromatic carbocycles. The van der Waals surface area contributed by atoms with Gasteiger partial charge < -0.3 is 14.6 Å². The minimum absolute atomic E-state index is 0.0828. The average Bonchev–Trinajstić information content (AvgIpc) is 2.46. The minimum atomic E-state index is -1.17. The SMILES string of the molecule is COc1cc(C(O)c2c(F)cccc2OC)ccc1Cl. The van der Waals surface area contributed by atoms with E-state index in [1.165, 1.54) is 26.4 Å². The van der Waals surface area contributed by atoms with Crippen LogP contribution >= 0.6 is 11.6 Å². The molecule has 0 aliphatic heterocycles. The number of halogens is 2. The first-order valence-electron chi connectivity index (χ1n) is 5.92. The van der Waals surface area contributed by atoms with E-state index in [0.717, 1.165) is 0 Å². The lowest BCUT2D eigenvalue weighted by Gasteiger charge is -2.17. The Kier molecular flexibility index (Phi) is 4.47. The van der Waals surface area contributed by atoms with Crippen LogP contribution in [0.5, 0.6) is 11.5 Å². The van der Waals surface area contributed by atoms with Crippen LogP contribution in [0.3, 0.4) is 0 Å². The summed E-state index contributed by atoms with van der Waals surface area (Å²) in [5, 5.41) is 10.8. The summed E-state index contributed by atoms with van der Waals surface area (Å²) in [4.78, 5) is 0. The van der Waals surface area contributed by atoms with Gasteiger partial charge in [0, 0.05) is 0 Å². The van der Waals surface area contributed by atoms with E-state index < -0.39 is 11.9 Å². The first-order chi connectivity index (χ1) is 9.58. The van der Waals surface area contributed by atoms with Crippen LogP contribution in [0.2, 0.25) is 5.02 Å². The highest BCUT2D eigenvalue weighted by Gasteiger charge is 2.20. The van der Waals surface area contributed by atoms with E-state index in [4.69, 9.17) is 21.1 Å². The van der Waals surface area contributed by atoms with Crippen LogP contribution in [0.15, 0.2) is 36.4 Å². The van der Waals surface area contributed by atoms with E-state index in [-0.39, 0.29) is 11.3 Å². The van der Waals surface area contributed by atoms with Gasteiger partial charge in [0.2, 0.25) is 0 Å². The number of rotatable bonds is 4. The first kappa shape index (κ1) is 14.6. The van der Waals surface area contributed by atoms with Gasteiger partial charge in [0.25, 0.3) is 0 Å². The Bertz CT molecular complexity index is 616. The second kappa shape index (κ2) is 6.11. The standard InChI is InChI=1S/C15H14ClFO3/c1-19-12-5-3-4-11(17)14(12)15(18)9-6-7-10(16)13(8-9)20-2/h3-8,15,18H,1-2H3. The minimum Gasteiger partial charge on any atom is -0.496 e. The van der Waals surface area contributed by atoms with Crippen LogP contribution in [0, 0.1) is 5.82 Å². The fourth-order valence-corrected chi connectivity index (χ4v) is 2.17. The Balaban J connectivity index is 2.48. The van der Waals surface area contributed by atoms with Crippen molar-refractivity contribution in [1.82, 2.24) is 0 Å². The molecule has 0 fully saturated rings. The molecular formula is C15H14ClFO3. The molecule has 106 valence electrons. The van der Waals surface area contributed by atoms with Crippen molar-refractivity contribution in [3.63, 3.8) is 0 Å². The summed E-state index contributed by atoms with van der Waals surface area (Å²) in [6, 6.07) is 9.16. The lowest BCUT2D eigenvalue weighted by atomic mass is 10.00. The molecule has 0 aliphatic carbocycles. The van der Waals surface area contributed by atoms with Gasteiger partial charge in [0.05, 0.1) is 24.8 Å². The van der Waals surface area contributed by atoms with Gasteiger partial charge in [-0.3, -0.25) is 0 Å². The Morgan fingerprint density at radius 3 is 2.45 bits per heavy atom. The van der Waals surface area contributed by atoms with E-state index in [9.17, 15) is 9.50 Å². The zero-order chi connectivity index (χ0) is 14.7. The van der Waals surface area contributed by atoms with Crippen LogP contribution in [-0.4, -0.2) is 19.3 Å². The maximum atomic E-state index is 13.9. The number of methoxy groups -OCH3 is 2. The third kappa shape index (κ3) is 2.71. The van der Waals surface area contributed by atoms with Crippen molar-refractivity contribution < 1.29 is 19.0 Å². The van der Waals surface area contributed by atoms with Crippen molar-refractivity contribution in [3.8, 4) is 11.5 Å². The number of benzene rings is 2. The number of aliphatic hydroxyl groups is 1. The zero-order valence-electron chi connectivity index (χ0n) is 11.1. The highest BCUT2D eigenvalue weighted by molar-refractivity contribution is 6.32. The predicted molar refractivity (Wildman–Crippen MR) is 75.0 cm³/mol. The number of ether oxygens (including phenoxy) is 2. The molecule has 3 nitrogen and oxygen atoms in total. The molecule has 0 heterocycles. The molecule has 0 aliphatic rings. The molecular weight excluding hydrogens is 283 g/mol. The molecule has 1 unspecified atom stereocenters. The second-order valence-electron chi connectivity index (χ2n) is 4.15. The first-order valence-corrected chi connectivity index (χ1v) is 6.30. The van der Waals surface area contributed by atoms with Gasteiger partial charge in [-0.15, -0.1) is 0 Å². The summed E-state index contributed by atoms with van der Waals surface area (Å²) in [6.45, 7) is 0. The topological polar surface area (TPSA) is 38.7 Å². The Labute approximate surface area is 121 Å². The van der Waals surface area contributed by atoms with Gasteiger partial charge in [-0.2, -0.15) is 0 Å². The number of aliphatic hydroxyl groups excluding tert-OH is 1. The quantitative estimate of drug-likeness (QED) is 0.937. The van der Waals surface area contributed by atoms with Gasteiger partial charge in [0.1, 0.15) is 23.4 Å². The van der Waals surface area contributed by atoms with E-state index in [2.05, 4.69) is 0 Å². The van der Waals surface area contributed by atoms with Gasteiger partial charge in [-0.1, -0.05) is 23.7 Å². The molecule has 0 aromatic heterocycles. The molecule has 20 heavy (non-hydrogen) atoms. The van der Waals surface area contributed by atoms with Crippen molar-refractivity contribution in [1.29, 1.82) is 0 Å². The van der Waals surface area contributed by atoms with Crippen LogP contribution in [0.4, 0.5) is 4.39 Å². The third-order valence-corrected chi connectivity index (χ3v) is 3.31. The fourth-order valence-electron chi connectivity index (χ4n) is 1.97. The van der Waals surface area contributed by atoms with Crippen LogP contribution in [0.25, 0.3) is 0 Å². The Morgan fingerprint density at radius 2 is 1.80 bits per heavy atom. The summed E-state index contributed by atoms with van der Waals surface area (Å²) in [5.74, 6) is 0.163. The second-order valence-corrected chi connectivity index (χ2v) is 4.56. The van der Waals surface area contributed by atoms with Gasteiger partial charge >= 0.3 is 0 Å². The monoisotopic (exact) mass is 296 g/mol. The van der Waals surface area contributed by atoms with Gasteiger partial charge in [-0.25, -0.2) is 4.39 Å². The van der Waals surface area contributed by atoms with Crippen molar-refractivity contribution >= 4 is 11.6 Å². The highest BCUT2D eigenvalue weighted by atomic mass is 35.5. The van der Waals surface area contributed by atoms with E-state index in [0.29, 0.717) is 16.3 Å². The lowest BCUT2D eigenvalue weighted by molar-refractivity contribution is 0.208. The van der Waals surface area contributed by atoms with Crippen molar-refractivity contribution in [2.45, 2.75) is 6.10 Å². The number of hydrogen-bond acceptors (Lipinski definition) is 3. The molecule has 0 bridgehead atoms. The molecule has 0 spiro atoms. The summed E-state index contributed by atoms with van der Waals surface area (Å²) >= 11 is 5.93. The summed E-state index contributed by atoms with van der Waals surface area (Å²) in [6.07, 6.45) is -1.17. The summed E-state index contributed by atoms with van der Waals surface area (Å²) < 4.78 is 24.1. The number of hydrogen-bond donors (Lipinski definition) is 1. The van der Waals surface area contributed by atoms with Crippen LogP contribution in [0.1, 0.15) is 17.2 Å². The van der Waals surface area contributed by atoms with Crippen LogP contribution in [-0.2, 0) is 0 Å². The van der Waals surface area contributed by atoms with E-state index in [1.54, 1.807) is 24.3 Å². The Morgan fingerprint density at radius 1 is 1.10 bits per heavy atom. The molecule has 1 N–H and O–H groups in total. The van der Waals surface area contributed by atoms with E-state index in [1.807, 2.05) is 0 Å². The summed E-state index contributed by atoms with van der Waals surface area (Å²) in [5.41, 5.74) is 0.550. The van der Waals surface area contributed by atoms with Crippen molar-refractivity contribution in [3.05, 3.63) is 58.4 Å². The molecule has 5 heteroatoms. The summed E-state index contributed by atoms with van der Waals surface area (Å²) in [7, 11) is 2.90. The maximum absolute atomic E-state index is 13.9. The van der Waals surface area contributed by atoms with Crippen molar-refractivity contribution in [2.75, 3.05) is 14.2 Å². The normalized spacial score (nSPS) is 12.1. The molecule has 0 saturated carbocycles. The zero-order valence-corrected chi connectivity index (χ0v) is 11.8. The third-order valence-electron chi connectivity index (χ3n) is 3.00. The Hall–Kier alpha value is -1.78. The molecule has 2 aromatic rings. The molecule has 1 atom stereocenters. The van der Waals surface area contributed by atoms with Crippen molar-refractivity contribution in [2.24, 2.45) is 0 Å². The van der Waals surface area contributed by atoms with Gasteiger partial charge in [-0.05, 0) is 29.8 Å². The highest BCUT2D eigenvalue weighted by Crippen LogP contribution is 2.35. The maximum Gasteiger partial charge on any atom is 0.137 e. The predicted octanol–water partition coefficient (Wildman–Crippen LogP) is 3.58. The molecule has 0 radical (unpaired) electrons. The fraction of sp³-hybridized carbons (Fsp3) is 0.200. The molecule has 0 saturated heterocycles. The van der Waals surface area contributed by atoms with E-state index >= 15 is 0 Å². The largest absolute Gasteiger partial charge is 0.496 e. The van der Waals surface area contributed by atoms with Crippen LogP contribution < -0.4 is 9.47 Å². The van der Waals surface area contributed by atoms with Gasteiger partial charge in [0.15, 0.2) is 0 Å². The average molecular weight is 297 g/mol. The lowest BCUT2D eigenvalue weighted by Crippen LogP contribution is -2.05. The molecule has 0 amide bonds. The molecule has 2 rings (SSSR count). The smallest absolute Gasteiger partial charge is 0.137 e.